The van der Waals surface area contributed by atoms with E-state index in [-0.39, 0.29) is 36.2 Å². The maximum Gasteiger partial charge on any atom is 0.353 e. The van der Waals surface area contributed by atoms with Gasteiger partial charge < -0.3 is 19.9 Å². The zero-order valence-corrected chi connectivity index (χ0v) is 21.6. The van der Waals surface area contributed by atoms with E-state index >= 15 is 0 Å². The molecule has 1 aromatic carbocycles. The van der Waals surface area contributed by atoms with Crippen LogP contribution in [0, 0.1) is 0 Å². The Labute approximate surface area is 203 Å². The Kier molecular flexibility index (Phi) is 9.27. The molecule has 0 bridgehead atoms. The number of amides is 2. The van der Waals surface area contributed by atoms with Crippen LogP contribution in [0.2, 0.25) is 0 Å². The summed E-state index contributed by atoms with van der Waals surface area (Å²) < 4.78 is 28.1. The van der Waals surface area contributed by atoms with Gasteiger partial charge in [-0.2, -0.15) is 4.79 Å². The molecule has 0 aromatic heterocycles. The lowest BCUT2D eigenvalue weighted by Gasteiger charge is -2.32. The molecule has 34 heavy (non-hydrogen) atoms. The van der Waals surface area contributed by atoms with Crippen molar-refractivity contribution in [1.29, 1.82) is 0 Å². The van der Waals surface area contributed by atoms with Crippen LogP contribution in [0.15, 0.2) is 35.2 Å². The summed E-state index contributed by atoms with van der Waals surface area (Å²) in [5.41, 5.74) is 7.33. The van der Waals surface area contributed by atoms with E-state index in [1.165, 1.54) is 6.92 Å². The molecular formula is C23H34N4O6S. The van der Waals surface area contributed by atoms with Crippen molar-refractivity contribution in [3.8, 4) is 0 Å². The van der Waals surface area contributed by atoms with Crippen LogP contribution in [-0.4, -0.2) is 79.7 Å². The number of benzene rings is 1. The van der Waals surface area contributed by atoms with E-state index in [2.05, 4.69) is 4.79 Å². The second-order valence-electron chi connectivity index (χ2n) is 9.15. The number of rotatable bonds is 5. The number of ether oxygens (including phenoxy) is 2. The summed E-state index contributed by atoms with van der Waals surface area (Å²) in [5.74, 6) is -0.508. The van der Waals surface area contributed by atoms with Gasteiger partial charge in [-0.15, -0.1) is 0 Å². The Morgan fingerprint density at radius 1 is 1.06 bits per heavy atom. The quantitative estimate of drug-likeness (QED) is 0.352. The van der Waals surface area contributed by atoms with Crippen LogP contribution in [0.1, 0.15) is 48.5 Å². The first-order chi connectivity index (χ1) is 15.8. The van der Waals surface area contributed by atoms with Gasteiger partial charge in [0.25, 0.3) is 5.91 Å². The van der Waals surface area contributed by atoms with Crippen molar-refractivity contribution in [2.24, 2.45) is 0 Å². The number of hydrogen-bond donors (Lipinski definition) is 0. The molecule has 0 N–H and O–H groups in total. The Balaban J connectivity index is 0.000000257. The summed E-state index contributed by atoms with van der Waals surface area (Å²) in [6, 6.07) is 8.78. The van der Waals surface area contributed by atoms with E-state index in [1.54, 1.807) is 34.1 Å². The van der Waals surface area contributed by atoms with Crippen LogP contribution in [-0.2, 0) is 34.3 Å². The van der Waals surface area contributed by atoms with E-state index in [9.17, 15) is 13.8 Å². The van der Waals surface area contributed by atoms with Crippen molar-refractivity contribution in [2.45, 2.75) is 76.9 Å². The molecule has 2 amide bonds. The molecule has 2 aliphatic heterocycles. The van der Waals surface area contributed by atoms with Gasteiger partial charge in [0.1, 0.15) is 18.1 Å². The predicted octanol–water partition coefficient (Wildman–Crippen LogP) is 2.37. The van der Waals surface area contributed by atoms with Gasteiger partial charge in [0.2, 0.25) is 0 Å². The van der Waals surface area contributed by atoms with Crippen LogP contribution in [0.5, 0.6) is 0 Å². The summed E-state index contributed by atoms with van der Waals surface area (Å²) >= 11 is -1.63. The lowest BCUT2D eigenvalue weighted by molar-refractivity contribution is -0.147. The molecule has 2 aliphatic rings. The molecule has 3 atom stereocenters. The largest absolute Gasteiger partial charge is 0.361 e. The minimum absolute atomic E-state index is 0.00809. The van der Waals surface area contributed by atoms with Crippen LogP contribution in [0.25, 0.3) is 5.53 Å². The molecule has 0 aliphatic carbocycles. The van der Waals surface area contributed by atoms with E-state index in [1.807, 2.05) is 47.6 Å². The van der Waals surface area contributed by atoms with Crippen LogP contribution < -0.4 is 0 Å². The van der Waals surface area contributed by atoms with Gasteiger partial charge in [-0.1, -0.05) is 18.2 Å². The van der Waals surface area contributed by atoms with Crippen LogP contribution in [0.4, 0.5) is 0 Å². The first-order valence-electron chi connectivity index (χ1n) is 11.0. The van der Waals surface area contributed by atoms with Gasteiger partial charge in [0.15, 0.2) is 11.1 Å². The second kappa shape index (κ2) is 11.3. The molecule has 3 rings (SSSR count). The highest BCUT2D eigenvalue weighted by atomic mass is 32.2. The molecule has 2 saturated heterocycles. The predicted molar refractivity (Wildman–Crippen MR) is 126 cm³/mol. The number of nitrogens with zero attached hydrogens (tertiary/aromatic N) is 4. The normalized spacial score (nSPS) is 23.5. The molecule has 3 unspecified atom stereocenters. The third-order valence-electron chi connectivity index (χ3n) is 5.57. The molecule has 1 aromatic rings. The molecule has 11 heteroatoms. The average Bonchev–Trinajstić information content (AvgIpc) is 3.23. The third kappa shape index (κ3) is 6.58. The van der Waals surface area contributed by atoms with Crippen LogP contribution in [0.3, 0.4) is 0 Å². The molecule has 0 spiro atoms. The van der Waals surface area contributed by atoms with Crippen molar-refractivity contribution >= 4 is 28.6 Å². The molecule has 2 heterocycles. The van der Waals surface area contributed by atoms with Crippen LogP contribution >= 0.6 is 0 Å². The van der Waals surface area contributed by atoms with Gasteiger partial charge in [-0.25, -0.2) is 4.21 Å². The fourth-order valence-corrected chi connectivity index (χ4v) is 4.70. The molecule has 0 saturated carbocycles. The van der Waals surface area contributed by atoms with Crippen molar-refractivity contribution < 1.29 is 32.2 Å². The standard InChI is InChI=1S/C14H19NO4S.C9H15N3O2/c1-11-9-18-14(2,3)15(11)13(16)10-19-20(17)12-7-5-4-6-8-12;1-6-5-14-9(3,4)12(6)8(13)7(2)11-10/h4-8,11H,9-10H2,1-3H3;6H,5H2,1-4H3. The fourth-order valence-electron chi connectivity index (χ4n) is 3.98. The van der Waals surface area contributed by atoms with E-state index < -0.39 is 22.5 Å². The Morgan fingerprint density at radius 2 is 1.56 bits per heavy atom. The topological polar surface area (TPSA) is 122 Å². The first kappa shape index (κ1) is 27.8. The second-order valence-corrected chi connectivity index (χ2v) is 10.3. The maximum absolute atomic E-state index is 12.2. The van der Waals surface area contributed by atoms with Crippen molar-refractivity contribution in [3.05, 3.63) is 35.9 Å². The lowest BCUT2D eigenvalue weighted by Crippen LogP contribution is -2.49. The summed E-state index contributed by atoms with van der Waals surface area (Å²) in [6.45, 7) is 13.4. The van der Waals surface area contributed by atoms with E-state index in [0.29, 0.717) is 18.1 Å². The van der Waals surface area contributed by atoms with Gasteiger partial charge in [0.05, 0.1) is 30.2 Å². The highest BCUT2D eigenvalue weighted by Gasteiger charge is 2.44. The average molecular weight is 495 g/mol. The Bertz CT molecular complexity index is 961. The summed E-state index contributed by atoms with van der Waals surface area (Å²) in [4.78, 5) is 30.6. The summed E-state index contributed by atoms with van der Waals surface area (Å²) in [6.07, 6.45) is 0. The minimum Gasteiger partial charge on any atom is -0.361 e. The number of carbonyl (C=O) groups excluding carboxylic acids is 2. The molecule has 188 valence electrons. The minimum atomic E-state index is -1.63. The SMILES string of the molecule is CC(=[N+]=[N-])C(=O)N1C(C)COC1(C)C.CC1COC(C)(C)N1C(=O)COS(=O)c1ccccc1. The molecule has 2 fully saturated rings. The molecule has 10 nitrogen and oxygen atoms in total. The van der Waals surface area contributed by atoms with Crippen molar-refractivity contribution in [2.75, 3.05) is 19.8 Å². The summed E-state index contributed by atoms with van der Waals surface area (Å²) in [7, 11) is 0. The van der Waals surface area contributed by atoms with Gasteiger partial charge >= 0.3 is 11.6 Å². The van der Waals surface area contributed by atoms with Gasteiger partial charge in [0, 0.05) is 6.92 Å². The highest BCUT2D eigenvalue weighted by Crippen LogP contribution is 2.28. The molecular weight excluding hydrogens is 460 g/mol. The lowest BCUT2D eigenvalue weighted by atomic mass is 10.2. The van der Waals surface area contributed by atoms with Crippen molar-refractivity contribution in [3.63, 3.8) is 0 Å². The Hall–Kier alpha value is -2.43. The number of hydrogen-bond acceptors (Lipinski definition) is 6. The first-order valence-corrected chi connectivity index (χ1v) is 12.1. The van der Waals surface area contributed by atoms with Crippen molar-refractivity contribution in [1.82, 2.24) is 9.80 Å². The van der Waals surface area contributed by atoms with E-state index in [4.69, 9.17) is 19.2 Å². The number of carbonyl (C=O) groups is 2. The fraction of sp³-hybridized carbons (Fsp3) is 0.609. The summed E-state index contributed by atoms with van der Waals surface area (Å²) in [5, 5.41) is 0. The van der Waals surface area contributed by atoms with E-state index in [0.717, 1.165) is 0 Å². The third-order valence-corrected chi connectivity index (χ3v) is 6.56. The monoisotopic (exact) mass is 494 g/mol. The zero-order valence-electron chi connectivity index (χ0n) is 20.8. The maximum atomic E-state index is 12.2. The molecule has 0 radical (unpaired) electrons. The zero-order chi connectivity index (χ0) is 25.7. The Morgan fingerprint density at radius 3 is 2.00 bits per heavy atom. The van der Waals surface area contributed by atoms with Gasteiger partial charge in [-0.05, 0) is 53.7 Å². The van der Waals surface area contributed by atoms with Gasteiger partial charge in [-0.3, -0.25) is 18.7 Å². The highest BCUT2D eigenvalue weighted by molar-refractivity contribution is 7.80. The smallest absolute Gasteiger partial charge is 0.353 e.